The standard InChI is InChI=1S/C12H21NO2/c1-7-5-10(9-6-8(7)9)13-11(14)15-12(2,3)4/h7-10H,5-6H2,1-4H3,(H,13,14)/t7-,8+,9+,10+/m0/s1. The summed E-state index contributed by atoms with van der Waals surface area (Å²) in [6.45, 7) is 7.96. The van der Waals surface area contributed by atoms with Crippen molar-refractivity contribution >= 4 is 6.09 Å². The normalized spacial score (nSPS) is 38.4. The third-order valence-electron chi connectivity index (χ3n) is 3.47. The number of hydrogen-bond donors (Lipinski definition) is 1. The number of hydrogen-bond acceptors (Lipinski definition) is 2. The van der Waals surface area contributed by atoms with Crippen molar-refractivity contribution < 1.29 is 9.53 Å². The molecule has 0 unspecified atom stereocenters. The summed E-state index contributed by atoms with van der Waals surface area (Å²) >= 11 is 0. The van der Waals surface area contributed by atoms with E-state index in [0.29, 0.717) is 6.04 Å². The van der Waals surface area contributed by atoms with Crippen molar-refractivity contribution in [2.75, 3.05) is 0 Å². The van der Waals surface area contributed by atoms with Gasteiger partial charge in [0, 0.05) is 6.04 Å². The van der Waals surface area contributed by atoms with Gasteiger partial charge in [-0.2, -0.15) is 0 Å². The SMILES string of the molecule is C[C@H]1C[C@@H](NC(=O)OC(C)(C)C)[C@@H]2C[C@@H]21. The first-order valence-corrected chi connectivity index (χ1v) is 5.86. The van der Waals surface area contributed by atoms with Crippen LogP contribution in [0.15, 0.2) is 0 Å². The predicted octanol–water partition coefficient (Wildman–Crippen LogP) is 2.56. The first-order valence-electron chi connectivity index (χ1n) is 5.86. The maximum absolute atomic E-state index is 11.6. The van der Waals surface area contributed by atoms with Crippen molar-refractivity contribution in [3.05, 3.63) is 0 Å². The Bertz CT molecular complexity index is 269. The van der Waals surface area contributed by atoms with Crippen LogP contribution in [-0.2, 0) is 4.74 Å². The van der Waals surface area contributed by atoms with Gasteiger partial charge in [0.1, 0.15) is 5.60 Å². The van der Waals surface area contributed by atoms with Gasteiger partial charge < -0.3 is 10.1 Å². The molecule has 0 saturated heterocycles. The van der Waals surface area contributed by atoms with Gasteiger partial charge in [-0.3, -0.25) is 0 Å². The second kappa shape index (κ2) is 3.39. The average molecular weight is 211 g/mol. The quantitative estimate of drug-likeness (QED) is 0.724. The molecule has 0 aromatic carbocycles. The van der Waals surface area contributed by atoms with Crippen LogP contribution in [-0.4, -0.2) is 17.7 Å². The zero-order valence-electron chi connectivity index (χ0n) is 10.0. The van der Waals surface area contributed by atoms with Gasteiger partial charge in [-0.05, 0) is 51.4 Å². The monoisotopic (exact) mass is 211 g/mol. The lowest BCUT2D eigenvalue weighted by Crippen LogP contribution is -2.39. The fourth-order valence-corrected chi connectivity index (χ4v) is 2.73. The predicted molar refractivity (Wildman–Crippen MR) is 58.5 cm³/mol. The molecule has 2 rings (SSSR count). The molecular formula is C12H21NO2. The van der Waals surface area contributed by atoms with E-state index in [2.05, 4.69) is 12.2 Å². The lowest BCUT2D eigenvalue weighted by Gasteiger charge is -2.22. The molecular weight excluding hydrogens is 190 g/mol. The summed E-state index contributed by atoms with van der Waals surface area (Å²) < 4.78 is 5.25. The summed E-state index contributed by atoms with van der Waals surface area (Å²) in [5.74, 6) is 2.37. The second-order valence-electron chi connectivity index (χ2n) is 6.03. The molecule has 3 nitrogen and oxygen atoms in total. The molecule has 0 aromatic rings. The number of amides is 1. The smallest absolute Gasteiger partial charge is 0.407 e. The van der Waals surface area contributed by atoms with Crippen LogP contribution in [0, 0.1) is 17.8 Å². The molecule has 0 bridgehead atoms. The molecule has 2 saturated carbocycles. The van der Waals surface area contributed by atoms with Gasteiger partial charge in [-0.15, -0.1) is 0 Å². The molecule has 1 amide bonds. The van der Waals surface area contributed by atoms with Gasteiger partial charge in [-0.1, -0.05) is 6.92 Å². The average Bonchev–Trinajstić information content (AvgIpc) is 2.71. The fraction of sp³-hybridized carbons (Fsp3) is 0.917. The van der Waals surface area contributed by atoms with Crippen molar-refractivity contribution in [3.63, 3.8) is 0 Å². The molecule has 0 heterocycles. The van der Waals surface area contributed by atoms with Crippen LogP contribution in [0.4, 0.5) is 4.79 Å². The number of carbonyl (C=O) groups is 1. The topological polar surface area (TPSA) is 38.3 Å². The van der Waals surface area contributed by atoms with Crippen molar-refractivity contribution in [1.82, 2.24) is 5.32 Å². The van der Waals surface area contributed by atoms with Crippen LogP contribution >= 0.6 is 0 Å². The van der Waals surface area contributed by atoms with Crippen LogP contribution in [0.1, 0.15) is 40.5 Å². The van der Waals surface area contributed by atoms with Gasteiger partial charge in [-0.25, -0.2) is 4.79 Å². The van der Waals surface area contributed by atoms with Crippen LogP contribution in [0.3, 0.4) is 0 Å². The molecule has 0 spiro atoms. The minimum Gasteiger partial charge on any atom is -0.444 e. The number of rotatable bonds is 1. The molecule has 2 aliphatic carbocycles. The molecule has 86 valence electrons. The van der Waals surface area contributed by atoms with Crippen LogP contribution < -0.4 is 5.32 Å². The van der Waals surface area contributed by atoms with E-state index >= 15 is 0 Å². The molecule has 2 fully saturated rings. The highest BCUT2D eigenvalue weighted by Crippen LogP contribution is 2.55. The zero-order chi connectivity index (χ0) is 11.2. The molecule has 4 atom stereocenters. The first-order chi connectivity index (χ1) is 6.87. The highest BCUT2D eigenvalue weighted by Gasteiger charge is 2.52. The minimum atomic E-state index is -0.392. The Hall–Kier alpha value is -0.730. The lowest BCUT2D eigenvalue weighted by molar-refractivity contribution is 0.0498. The summed E-state index contributed by atoms with van der Waals surface area (Å²) in [6.07, 6.45) is 2.16. The summed E-state index contributed by atoms with van der Waals surface area (Å²) in [5, 5.41) is 3.00. The summed E-state index contributed by atoms with van der Waals surface area (Å²) in [4.78, 5) is 11.6. The van der Waals surface area contributed by atoms with E-state index in [4.69, 9.17) is 4.74 Å². The molecule has 2 aliphatic rings. The summed E-state index contributed by atoms with van der Waals surface area (Å²) in [7, 11) is 0. The van der Waals surface area contributed by atoms with Gasteiger partial charge in [0.05, 0.1) is 0 Å². The second-order valence-corrected chi connectivity index (χ2v) is 6.03. The van der Waals surface area contributed by atoms with Crippen molar-refractivity contribution in [2.45, 2.75) is 52.2 Å². The van der Waals surface area contributed by atoms with Crippen molar-refractivity contribution in [1.29, 1.82) is 0 Å². The summed E-state index contributed by atoms with van der Waals surface area (Å²) in [6, 6.07) is 0.361. The Morgan fingerprint density at radius 2 is 1.93 bits per heavy atom. The number of alkyl carbamates (subject to hydrolysis) is 1. The maximum atomic E-state index is 11.6. The highest BCUT2D eigenvalue weighted by molar-refractivity contribution is 5.68. The largest absolute Gasteiger partial charge is 0.444 e. The van der Waals surface area contributed by atoms with Crippen molar-refractivity contribution in [3.8, 4) is 0 Å². The first kappa shape index (κ1) is 10.8. The molecule has 0 aliphatic heterocycles. The highest BCUT2D eigenvalue weighted by atomic mass is 16.6. The Morgan fingerprint density at radius 3 is 2.33 bits per heavy atom. The molecule has 0 radical (unpaired) electrons. The van der Waals surface area contributed by atoms with E-state index < -0.39 is 5.60 Å². The van der Waals surface area contributed by atoms with E-state index in [0.717, 1.165) is 24.2 Å². The van der Waals surface area contributed by atoms with E-state index in [9.17, 15) is 4.79 Å². The summed E-state index contributed by atoms with van der Waals surface area (Å²) in [5.41, 5.74) is -0.392. The Kier molecular flexibility index (Phi) is 2.44. The van der Waals surface area contributed by atoms with E-state index in [1.807, 2.05) is 20.8 Å². The number of ether oxygens (including phenoxy) is 1. The lowest BCUT2D eigenvalue weighted by atomic mass is 10.1. The number of fused-ring (bicyclic) bond motifs is 1. The number of nitrogens with one attached hydrogen (secondary N) is 1. The Morgan fingerprint density at radius 1 is 1.27 bits per heavy atom. The third-order valence-corrected chi connectivity index (χ3v) is 3.47. The third kappa shape index (κ3) is 2.44. The van der Waals surface area contributed by atoms with Crippen LogP contribution in [0.2, 0.25) is 0 Å². The minimum absolute atomic E-state index is 0.257. The van der Waals surface area contributed by atoms with Gasteiger partial charge in [0.25, 0.3) is 0 Å². The molecule has 15 heavy (non-hydrogen) atoms. The van der Waals surface area contributed by atoms with Gasteiger partial charge >= 0.3 is 6.09 Å². The molecule has 0 aromatic heterocycles. The molecule has 1 N–H and O–H groups in total. The Labute approximate surface area is 91.6 Å². The maximum Gasteiger partial charge on any atom is 0.407 e. The van der Waals surface area contributed by atoms with E-state index in [-0.39, 0.29) is 6.09 Å². The zero-order valence-corrected chi connectivity index (χ0v) is 10.0. The van der Waals surface area contributed by atoms with Crippen LogP contribution in [0.5, 0.6) is 0 Å². The molecule has 3 heteroatoms. The van der Waals surface area contributed by atoms with Crippen LogP contribution in [0.25, 0.3) is 0 Å². The van der Waals surface area contributed by atoms with Gasteiger partial charge in [0.2, 0.25) is 0 Å². The van der Waals surface area contributed by atoms with Gasteiger partial charge in [0.15, 0.2) is 0 Å². The Balaban J connectivity index is 1.80. The van der Waals surface area contributed by atoms with Crippen molar-refractivity contribution in [2.24, 2.45) is 17.8 Å². The number of carbonyl (C=O) groups excluding carboxylic acids is 1. The fourth-order valence-electron chi connectivity index (χ4n) is 2.73. The van der Waals surface area contributed by atoms with E-state index in [1.54, 1.807) is 0 Å². The van der Waals surface area contributed by atoms with E-state index in [1.165, 1.54) is 6.42 Å².